The SMILES string of the molecule is Cc1ccc(C)c(/C(O)=C2\C(=O)C(=O)N(C3CCCC3)C2c2ccc(C)o2)c1. The van der Waals surface area contributed by atoms with Crippen molar-refractivity contribution in [3.63, 3.8) is 0 Å². The highest BCUT2D eigenvalue weighted by molar-refractivity contribution is 6.46. The van der Waals surface area contributed by atoms with Crippen molar-refractivity contribution >= 4 is 17.4 Å². The van der Waals surface area contributed by atoms with E-state index in [0.29, 0.717) is 17.1 Å². The number of nitrogens with zero attached hydrogens (tertiary/aromatic N) is 1. The zero-order valence-corrected chi connectivity index (χ0v) is 16.5. The molecule has 146 valence electrons. The Bertz CT molecular complexity index is 978. The fourth-order valence-corrected chi connectivity index (χ4v) is 4.42. The van der Waals surface area contributed by atoms with Crippen LogP contribution in [-0.4, -0.2) is 27.7 Å². The Hall–Kier alpha value is -2.82. The van der Waals surface area contributed by atoms with E-state index in [2.05, 4.69) is 0 Å². The highest BCUT2D eigenvalue weighted by Gasteiger charge is 2.50. The summed E-state index contributed by atoms with van der Waals surface area (Å²) in [6.07, 6.45) is 3.81. The third kappa shape index (κ3) is 2.95. The molecule has 2 heterocycles. The van der Waals surface area contributed by atoms with Crippen LogP contribution in [0.5, 0.6) is 0 Å². The summed E-state index contributed by atoms with van der Waals surface area (Å²) in [6, 6.07) is 8.64. The fraction of sp³-hybridized carbons (Fsp3) is 0.391. The smallest absolute Gasteiger partial charge is 0.296 e. The number of hydrogen-bond donors (Lipinski definition) is 1. The van der Waals surface area contributed by atoms with Crippen molar-refractivity contribution in [1.82, 2.24) is 4.90 Å². The van der Waals surface area contributed by atoms with Crippen LogP contribution in [0.25, 0.3) is 5.76 Å². The van der Waals surface area contributed by atoms with Gasteiger partial charge < -0.3 is 14.4 Å². The molecule has 2 aromatic rings. The molecule has 1 aromatic carbocycles. The Morgan fingerprint density at radius 3 is 2.43 bits per heavy atom. The molecular formula is C23H25NO4. The van der Waals surface area contributed by atoms with E-state index in [1.807, 2.05) is 45.0 Å². The summed E-state index contributed by atoms with van der Waals surface area (Å²) in [5, 5.41) is 11.2. The van der Waals surface area contributed by atoms with Gasteiger partial charge in [-0.15, -0.1) is 0 Å². The molecule has 1 saturated heterocycles. The second-order valence-electron chi connectivity index (χ2n) is 7.91. The number of aliphatic hydroxyl groups is 1. The molecule has 0 spiro atoms. The molecule has 1 saturated carbocycles. The Kier molecular flexibility index (Phi) is 4.61. The summed E-state index contributed by atoms with van der Waals surface area (Å²) in [5.41, 5.74) is 2.53. The summed E-state index contributed by atoms with van der Waals surface area (Å²) in [7, 11) is 0. The monoisotopic (exact) mass is 379 g/mol. The maximum Gasteiger partial charge on any atom is 0.296 e. The molecule has 0 bridgehead atoms. The molecule has 1 atom stereocenters. The average Bonchev–Trinajstić information content (AvgIpc) is 3.38. The Balaban J connectivity index is 1.91. The van der Waals surface area contributed by atoms with Gasteiger partial charge in [0.05, 0.1) is 5.57 Å². The van der Waals surface area contributed by atoms with Gasteiger partial charge >= 0.3 is 0 Å². The van der Waals surface area contributed by atoms with Gasteiger partial charge in [-0.1, -0.05) is 30.5 Å². The molecular weight excluding hydrogens is 354 g/mol. The lowest BCUT2D eigenvalue weighted by atomic mass is 9.95. The fourth-order valence-electron chi connectivity index (χ4n) is 4.42. The van der Waals surface area contributed by atoms with Crippen LogP contribution in [0.2, 0.25) is 0 Å². The van der Waals surface area contributed by atoms with Gasteiger partial charge in [0.1, 0.15) is 23.3 Å². The summed E-state index contributed by atoms with van der Waals surface area (Å²) in [5.74, 6) is -0.0736. The first-order valence-electron chi connectivity index (χ1n) is 9.82. The minimum absolute atomic E-state index is 0.00392. The van der Waals surface area contributed by atoms with Gasteiger partial charge in [0, 0.05) is 11.6 Å². The largest absolute Gasteiger partial charge is 0.507 e. The van der Waals surface area contributed by atoms with Crippen LogP contribution in [0.3, 0.4) is 0 Å². The van der Waals surface area contributed by atoms with E-state index >= 15 is 0 Å². The summed E-state index contributed by atoms with van der Waals surface area (Å²) >= 11 is 0. The van der Waals surface area contributed by atoms with Crippen LogP contribution >= 0.6 is 0 Å². The summed E-state index contributed by atoms with van der Waals surface area (Å²) in [4.78, 5) is 27.6. The topological polar surface area (TPSA) is 70.8 Å². The van der Waals surface area contributed by atoms with Crippen molar-refractivity contribution in [3.8, 4) is 0 Å². The van der Waals surface area contributed by atoms with Gasteiger partial charge in [-0.25, -0.2) is 0 Å². The van der Waals surface area contributed by atoms with Crippen LogP contribution in [0, 0.1) is 20.8 Å². The second kappa shape index (κ2) is 6.97. The van der Waals surface area contributed by atoms with Crippen LogP contribution in [-0.2, 0) is 9.59 Å². The number of likely N-dealkylation sites (tertiary alicyclic amines) is 1. The van der Waals surface area contributed by atoms with E-state index in [0.717, 1.165) is 36.8 Å². The molecule has 1 aliphatic heterocycles. The molecule has 5 nitrogen and oxygen atoms in total. The second-order valence-corrected chi connectivity index (χ2v) is 7.91. The quantitative estimate of drug-likeness (QED) is 0.482. The third-order valence-electron chi connectivity index (χ3n) is 5.88. The van der Waals surface area contributed by atoms with Gasteiger partial charge in [-0.05, 0) is 57.4 Å². The number of benzene rings is 1. The van der Waals surface area contributed by atoms with Crippen molar-refractivity contribution in [2.45, 2.75) is 58.5 Å². The molecule has 1 N–H and O–H groups in total. The standard InChI is InChI=1S/C23H25NO4/c1-13-8-9-14(2)17(12-13)21(25)19-20(18-11-10-15(3)28-18)24(23(27)22(19)26)16-6-4-5-7-16/h8-12,16,20,25H,4-7H2,1-3H3/b21-19+. The van der Waals surface area contributed by atoms with Crippen LogP contribution in [0.4, 0.5) is 0 Å². The lowest BCUT2D eigenvalue weighted by Gasteiger charge is -2.29. The maximum atomic E-state index is 13.0. The van der Waals surface area contributed by atoms with Crippen molar-refractivity contribution in [1.29, 1.82) is 0 Å². The number of rotatable bonds is 3. The first kappa shape index (κ1) is 18.5. The highest BCUT2D eigenvalue weighted by Crippen LogP contribution is 2.44. The lowest BCUT2D eigenvalue weighted by molar-refractivity contribution is -0.141. The van der Waals surface area contributed by atoms with E-state index in [4.69, 9.17) is 4.42 Å². The highest BCUT2D eigenvalue weighted by atomic mass is 16.3. The Labute approximate surface area is 164 Å². The lowest BCUT2D eigenvalue weighted by Crippen LogP contribution is -2.37. The van der Waals surface area contributed by atoms with Crippen LogP contribution in [0.15, 0.2) is 40.3 Å². The van der Waals surface area contributed by atoms with E-state index in [1.165, 1.54) is 0 Å². The molecule has 0 radical (unpaired) electrons. The number of aliphatic hydroxyl groups excluding tert-OH is 1. The number of furan rings is 1. The Morgan fingerprint density at radius 2 is 1.79 bits per heavy atom. The molecule has 28 heavy (non-hydrogen) atoms. The molecule has 5 heteroatoms. The van der Waals surface area contributed by atoms with Crippen molar-refractivity contribution in [3.05, 3.63) is 64.1 Å². The molecule has 1 unspecified atom stereocenters. The van der Waals surface area contributed by atoms with Gasteiger partial charge in [-0.2, -0.15) is 0 Å². The average molecular weight is 379 g/mol. The number of amides is 1. The predicted octanol–water partition coefficient (Wildman–Crippen LogP) is 4.57. The van der Waals surface area contributed by atoms with Gasteiger partial charge in [0.25, 0.3) is 11.7 Å². The first-order chi connectivity index (χ1) is 13.4. The van der Waals surface area contributed by atoms with Gasteiger partial charge in [0.15, 0.2) is 0 Å². The molecule has 1 aliphatic carbocycles. The zero-order valence-electron chi connectivity index (χ0n) is 16.5. The van der Waals surface area contributed by atoms with E-state index in [-0.39, 0.29) is 17.4 Å². The molecule has 1 aromatic heterocycles. The molecule has 2 fully saturated rings. The number of ketones is 1. The number of hydrogen-bond acceptors (Lipinski definition) is 4. The minimum atomic E-state index is -0.684. The van der Waals surface area contributed by atoms with Crippen LogP contribution < -0.4 is 0 Å². The Morgan fingerprint density at radius 1 is 1.07 bits per heavy atom. The minimum Gasteiger partial charge on any atom is -0.507 e. The van der Waals surface area contributed by atoms with Crippen molar-refractivity contribution < 1.29 is 19.1 Å². The van der Waals surface area contributed by atoms with E-state index in [1.54, 1.807) is 11.0 Å². The summed E-state index contributed by atoms with van der Waals surface area (Å²) in [6.45, 7) is 5.64. The normalized spacial score (nSPS) is 22.4. The van der Waals surface area contributed by atoms with Gasteiger partial charge in [-0.3, -0.25) is 9.59 Å². The molecule has 2 aliphatic rings. The number of carbonyl (C=O) groups excluding carboxylic acids is 2. The number of Topliss-reactive ketones (excluding diaryl/α,β-unsaturated/α-hetero) is 1. The van der Waals surface area contributed by atoms with Crippen molar-refractivity contribution in [2.75, 3.05) is 0 Å². The first-order valence-corrected chi connectivity index (χ1v) is 9.82. The molecule has 4 rings (SSSR count). The van der Waals surface area contributed by atoms with Crippen LogP contribution in [0.1, 0.15) is 59.9 Å². The number of aryl methyl sites for hydroxylation is 3. The molecule has 1 amide bonds. The zero-order chi connectivity index (χ0) is 20.0. The van der Waals surface area contributed by atoms with E-state index < -0.39 is 17.7 Å². The summed E-state index contributed by atoms with van der Waals surface area (Å²) < 4.78 is 5.83. The number of carbonyl (C=O) groups is 2. The maximum absolute atomic E-state index is 13.0. The predicted molar refractivity (Wildman–Crippen MR) is 106 cm³/mol. The van der Waals surface area contributed by atoms with Crippen molar-refractivity contribution in [2.24, 2.45) is 0 Å². The third-order valence-corrected chi connectivity index (χ3v) is 5.88. The van der Waals surface area contributed by atoms with Gasteiger partial charge in [0.2, 0.25) is 0 Å². The van der Waals surface area contributed by atoms with E-state index in [9.17, 15) is 14.7 Å².